The van der Waals surface area contributed by atoms with Gasteiger partial charge in [-0.25, -0.2) is 0 Å². The number of aliphatic hydroxyl groups excluding tert-OH is 1. The molecule has 8 heteroatoms. The van der Waals surface area contributed by atoms with Crippen molar-refractivity contribution < 1.29 is 19.8 Å². The Bertz CT molecular complexity index is 960. The van der Waals surface area contributed by atoms with Crippen molar-refractivity contribution in [2.24, 2.45) is 0 Å². The monoisotopic (exact) mass is 459 g/mol. The first kappa shape index (κ1) is 21.0. The van der Waals surface area contributed by atoms with Crippen molar-refractivity contribution in [2.45, 2.75) is 12.5 Å². The van der Waals surface area contributed by atoms with Gasteiger partial charge in [0, 0.05) is 23.4 Å². The lowest BCUT2D eigenvalue weighted by Gasteiger charge is -2.25. The molecule has 0 bridgehead atoms. The number of ketones is 1. The number of phenols is 1. The highest BCUT2D eigenvalue weighted by atomic mass is 79.9. The molecule has 0 radical (unpaired) electrons. The average Bonchev–Trinajstić information content (AvgIpc) is 2.94. The molecular formula is C21H22BrN3O4. The second-order valence-electron chi connectivity index (χ2n) is 7.10. The number of nitrogens with zero attached hydrogens (tertiary/aromatic N) is 3. The van der Waals surface area contributed by atoms with Gasteiger partial charge < -0.3 is 20.0 Å². The standard InChI is InChI=1S/C21H22BrN3O4/c1-24(2)9-4-10-25-18(13-5-3-8-23-12-13)17(20(28)21(25)29)19(27)15-11-14(22)6-7-16(15)26/h3,5-8,11-12,18,26-27H,4,9-10H2,1-2H3. The highest BCUT2D eigenvalue weighted by molar-refractivity contribution is 9.10. The van der Waals surface area contributed by atoms with E-state index in [2.05, 4.69) is 20.9 Å². The van der Waals surface area contributed by atoms with Gasteiger partial charge in [0.05, 0.1) is 17.2 Å². The zero-order chi connectivity index (χ0) is 21.1. The highest BCUT2D eigenvalue weighted by Gasteiger charge is 2.46. The number of carbonyl (C=O) groups is 2. The molecule has 29 heavy (non-hydrogen) atoms. The summed E-state index contributed by atoms with van der Waals surface area (Å²) in [7, 11) is 3.87. The summed E-state index contributed by atoms with van der Waals surface area (Å²) in [4.78, 5) is 33.2. The Kier molecular flexibility index (Phi) is 6.34. The van der Waals surface area contributed by atoms with Crippen molar-refractivity contribution in [1.29, 1.82) is 0 Å². The van der Waals surface area contributed by atoms with Crippen molar-refractivity contribution in [1.82, 2.24) is 14.8 Å². The molecule has 1 amide bonds. The molecule has 3 rings (SSSR count). The SMILES string of the molecule is CN(C)CCCN1C(=O)C(=O)C(=C(O)c2cc(Br)ccc2O)C1c1cccnc1. The predicted molar refractivity (Wildman–Crippen MR) is 112 cm³/mol. The zero-order valence-corrected chi connectivity index (χ0v) is 17.8. The molecule has 2 N–H and O–H groups in total. The molecule has 1 fully saturated rings. The molecular weight excluding hydrogens is 438 g/mol. The molecule has 1 aromatic heterocycles. The van der Waals surface area contributed by atoms with Crippen LogP contribution in [0.3, 0.4) is 0 Å². The van der Waals surface area contributed by atoms with E-state index in [9.17, 15) is 19.8 Å². The summed E-state index contributed by atoms with van der Waals surface area (Å²) in [5.74, 6) is -2.05. The number of pyridine rings is 1. The number of Topliss-reactive ketones (excluding diaryl/α,β-unsaturated/α-hetero) is 1. The Hall–Kier alpha value is -2.71. The Morgan fingerprint density at radius 3 is 2.69 bits per heavy atom. The minimum atomic E-state index is -0.777. The first-order valence-corrected chi connectivity index (χ1v) is 9.92. The van der Waals surface area contributed by atoms with E-state index >= 15 is 0 Å². The van der Waals surface area contributed by atoms with Gasteiger partial charge in [0.2, 0.25) is 0 Å². The molecule has 2 heterocycles. The second kappa shape index (κ2) is 8.75. The van der Waals surface area contributed by atoms with E-state index < -0.39 is 23.5 Å². The number of halogens is 1. The van der Waals surface area contributed by atoms with Crippen molar-refractivity contribution in [3.8, 4) is 5.75 Å². The van der Waals surface area contributed by atoms with Crippen LogP contribution in [0.15, 0.2) is 52.8 Å². The number of hydrogen-bond donors (Lipinski definition) is 2. The summed E-state index contributed by atoms with van der Waals surface area (Å²) < 4.78 is 0.620. The number of carbonyl (C=O) groups excluding carboxylic acids is 2. The van der Waals surface area contributed by atoms with E-state index in [0.717, 1.165) is 6.54 Å². The van der Waals surface area contributed by atoms with Crippen molar-refractivity contribution in [3.05, 3.63) is 63.9 Å². The molecule has 0 aliphatic carbocycles. The molecule has 1 aromatic carbocycles. The lowest BCUT2D eigenvalue weighted by Crippen LogP contribution is -2.32. The summed E-state index contributed by atoms with van der Waals surface area (Å²) >= 11 is 3.30. The van der Waals surface area contributed by atoms with Gasteiger partial charge in [-0.1, -0.05) is 22.0 Å². The Morgan fingerprint density at radius 2 is 2.03 bits per heavy atom. The van der Waals surface area contributed by atoms with Crippen LogP contribution in [-0.2, 0) is 9.59 Å². The van der Waals surface area contributed by atoms with Crippen LogP contribution in [-0.4, -0.2) is 63.9 Å². The first-order valence-electron chi connectivity index (χ1n) is 9.13. The molecule has 1 unspecified atom stereocenters. The van der Waals surface area contributed by atoms with Gasteiger partial charge in [-0.3, -0.25) is 14.6 Å². The summed E-state index contributed by atoms with van der Waals surface area (Å²) in [6.07, 6.45) is 3.84. The van der Waals surface area contributed by atoms with Gasteiger partial charge in [-0.15, -0.1) is 0 Å². The molecule has 7 nitrogen and oxygen atoms in total. The number of likely N-dealkylation sites (tertiary alicyclic amines) is 1. The molecule has 1 saturated heterocycles. The second-order valence-corrected chi connectivity index (χ2v) is 8.01. The van der Waals surface area contributed by atoms with Gasteiger partial charge in [0.1, 0.15) is 11.5 Å². The van der Waals surface area contributed by atoms with E-state index in [1.54, 1.807) is 30.6 Å². The largest absolute Gasteiger partial charge is 0.507 e. The van der Waals surface area contributed by atoms with Crippen LogP contribution >= 0.6 is 15.9 Å². The van der Waals surface area contributed by atoms with Crippen LogP contribution in [0.2, 0.25) is 0 Å². The topological polar surface area (TPSA) is 94.0 Å². The fourth-order valence-corrected chi connectivity index (χ4v) is 3.76. The number of rotatable bonds is 6. The Balaban J connectivity index is 2.12. The third kappa shape index (κ3) is 4.33. The summed E-state index contributed by atoms with van der Waals surface area (Å²) in [5, 5.41) is 21.1. The minimum absolute atomic E-state index is 0.0544. The third-order valence-corrected chi connectivity index (χ3v) is 5.25. The van der Waals surface area contributed by atoms with Gasteiger partial charge >= 0.3 is 0 Å². The molecule has 1 aliphatic rings. The average molecular weight is 460 g/mol. The smallest absolute Gasteiger partial charge is 0.295 e. The van der Waals surface area contributed by atoms with Crippen LogP contribution in [0, 0.1) is 0 Å². The Morgan fingerprint density at radius 1 is 1.28 bits per heavy atom. The summed E-state index contributed by atoms with van der Waals surface area (Å²) in [5.41, 5.74) is 0.647. The minimum Gasteiger partial charge on any atom is -0.507 e. The lowest BCUT2D eigenvalue weighted by molar-refractivity contribution is -0.139. The van der Waals surface area contributed by atoms with Crippen LogP contribution in [0.25, 0.3) is 5.76 Å². The van der Waals surface area contributed by atoms with Crippen LogP contribution in [0.4, 0.5) is 0 Å². The number of phenolic OH excluding ortho intramolecular Hbond substituents is 1. The van der Waals surface area contributed by atoms with Gasteiger partial charge in [0.15, 0.2) is 0 Å². The van der Waals surface area contributed by atoms with Crippen molar-refractivity contribution in [3.63, 3.8) is 0 Å². The maximum absolute atomic E-state index is 12.9. The van der Waals surface area contributed by atoms with E-state index in [1.165, 1.54) is 17.0 Å². The summed E-state index contributed by atoms with van der Waals surface area (Å²) in [6, 6.07) is 7.23. The molecule has 1 atom stereocenters. The number of aliphatic hydroxyl groups is 1. The fraction of sp³-hybridized carbons (Fsp3) is 0.286. The quantitative estimate of drug-likeness (QED) is 0.391. The van der Waals surface area contributed by atoms with E-state index in [1.807, 2.05) is 19.0 Å². The molecule has 0 saturated carbocycles. The number of hydrogen-bond acceptors (Lipinski definition) is 6. The maximum atomic E-state index is 12.9. The highest BCUT2D eigenvalue weighted by Crippen LogP contribution is 2.41. The maximum Gasteiger partial charge on any atom is 0.295 e. The Labute approximate surface area is 177 Å². The normalized spacial score (nSPS) is 18.6. The lowest BCUT2D eigenvalue weighted by atomic mass is 9.96. The third-order valence-electron chi connectivity index (χ3n) is 4.76. The number of aromatic nitrogens is 1. The van der Waals surface area contributed by atoms with Crippen LogP contribution in [0.5, 0.6) is 5.75 Å². The molecule has 1 aliphatic heterocycles. The van der Waals surface area contributed by atoms with Gasteiger partial charge in [-0.05, 0) is 56.9 Å². The fourth-order valence-electron chi connectivity index (χ4n) is 3.40. The van der Waals surface area contributed by atoms with E-state index in [0.29, 0.717) is 23.0 Å². The van der Waals surface area contributed by atoms with Crippen molar-refractivity contribution >= 4 is 33.4 Å². The van der Waals surface area contributed by atoms with E-state index in [-0.39, 0.29) is 16.9 Å². The molecule has 152 valence electrons. The zero-order valence-electron chi connectivity index (χ0n) is 16.2. The number of benzene rings is 1. The van der Waals surface area contributed by atoms with Crippen LogP contribution < -0.4 is 0 Å². The van der Waals surface area contributed by atoms with Gasteiger partial charge in [-0.2, -0.15) is 0 Å². The predicted octanol–water partition coefficient (Wildman–Crippen LogP) is 2.92. The van der Waals surface area contributed by atoms with E-state index in [4.69, 9.17) is 0 Å². The molecule has 0 spiro atoms. The van der Waals surface area contributed by atoms with Gasteiger partial charge in [0.25, 0.3) is 11.7 Å². The van der Waals surface area contributed by atoms with Crippen LogP contribution in [0.1, 0.15) is 23.6 Å². The summed E-state index contributed by atoms with van der Waals surface area (Å²) in [6.45, 7) is 1.10. The number of amides is 1. The van der Waals surface area contributed by atoms with Crippen molar-refractivity contribution in [2.75, 3.05) is 27.2 Å². The molecule has 2 aromatic rings. The first-order chi connectivity index (χ1) is 13.8. The number of aromatic hydroxyl groups is 1.